The molecular weight excluding hydrogens is 398 g/mol. The standard InChI is InChI=1S/C22H33N5O2S/c28-21(23-19-4-5-19)16-25-6-8-26(9-7-25)17-22(29)24-20-3-1-2-18(14-20)15-27-10-12-30-13-11-27/h1-3,14,19H,4-13,15-17H2,(H,23,28)(H,24,29). The SMILES string of the molecule is O=C(CN1CCN(CC(=O)NC2CC2)CC1)Nc1cccc(CN2CCSCC2)c1. The summed E-state index contributed by atoms with van der Waals surface area (Å²) in [5.41, 5.74) is 2.12. The van der Waals surface area contributed by atoms with E-state index in [9.17, 15) is 9.59 Å². The van der Waals surface area contributed by atoms with Gasteiger partial charge in [0.2, 0.25) is 11.8 Å². The number of carbonyl (C=O) groups is 2. The second-order valence-corrected chi connectivity index (χ2v) is 9.76. The van der Waals surface area contributed by atoms with E-state index in [1.807, 2.05) is 23.9 Å². The summed E-state index contributed by atoms with van der Waals surface area (Å²) < 4.78 is 0. The average molecular weight is 432 g/mol. The van der Waals surface area contributed by atoms with Crippen molar-refractivity contribution in [2.45, 2.75) is 25.4 Å². The number of piperazine rings is 1. The van der Waals surface area contributed by atoms with E-state index in [2.05, 4.69) is 37.5 Å². The maximum atomic E-state index is 12.5. The van der Waals surface area contributed by atoms with E-state index < -0.39 is 0 Å². The highest BCUT2D eigenvalue weighted by Crippen LogP contribution is 2.18. The van der Waals surface area contributed by atoms with Crippen molar-refractivity contribution in [3.05, 3.63) is 29.8 Å². The first-order valence-electron chi connectivity index (χ1n) is 11.1. The zero-order chi connectivity index (χ0) is 20.8. The molecular formula is C22H33N5O2S. The Bertz CT molecular complexity index is 728. The molecule has 1 aromatic rings. The second-order valence-electron chi connectivity index (χ2n) is 8.53. The lowest BCUT2D eigenvalue weighted by molar-refractivity contribution is -0.123. The molecule has 2 heterocycles. The Labute approximate surface area is 183 Å². The Morgan fingerprint density at radius 2 is 1.57 bits per heavy atom. The van der Waals surface area contributed by atoms with Gasteiger partial charge in [-0.15, -0.1) is 0 Å². The summed E-state index contributed by atoms with van der Waals surface area (Å²) in [7, 11) is 0. The number of nitrogens with zero attached hydrogens (tertiary/aromatic N) is 3. The van der Waals surface area contributed by atoms with Crippen molar-refractivity contribution in [1.29, 1.82) is 0 Å². The van der Waals surface area contributed by atoms with Gasteiger partial charge in [-0.25, -0.2) is 0 Å². The highest BCUT2D eigenvalue weighted by Gasteiger charge is 2.25. The highest BCUT2D eigenvalue weighted by atomic mass is 32.2. The maximum Gasteiger partial charge on any atom is 0.238 e. The molecule has 30 heavy (non-hydrogen) atoms. The Hall–Kier alpha value is -1.61. The zero-order valence-corrected chi connectivity index (χ0v) is 18.5. The van der Waals surface area contributed by atoms with Gasteiger partial charge >= 0.3 is 0 Å². The van der Waals surface area contributed by atoms with E-state index in [-0.39, 0.29) is 11.8 Å². The van der Waals surface area contributed by atoms with Crippen LogP contribution in [0.15, 0.2) is 24.3 Å². The van der Waals surface area contributed by atoms with Crippen LogP contribution >= 0.6 is 11.8 Å². The molecule has 0 radical (unpaired) electrons. The first-order chi connectivity index (χ1) is 14.6. The van der Waals surface area contributed by atoms with Crippen molar-refractivity contribution >= 4 is 29.3 Å². The fourth-order valence-electron chi connectivity index (χ4n) is 3.98. The van der Waals surface area contributed by atoms with Gasteiger partial charge in [0.1, 0.15) is 0 Å². The topological polar surface area (TPSA) is 67.9 Å². The fourth-order valence-corrected chi connectivity index (χ4v) is 4.96. The smallest absolute Gasteiger partial charge is 0.238 e. The van der Waals surface area contributed by atoms with Crippen molar-refractivity contribution < 1.29 is 9.59 Å². The van der Waals surface area contributed by atoms with E-state index in [0.717, 1.165) is 64.3 Å². The number of hydrogen-bond acceptors (Lipinski definition) is 6. The number of anilines is 1. The number of hydrogen-bond donors (Lipinski definition) is 2. The highest BCUT2D eigenvalue weighted by molar-refractivity contribution is 7.99. The van der Waals surface area contributed by atoms with Crippen molar-refractivity contribution in [3.63, 3.8) is 0 Å². The molecule has 0 aromatic heterocycles. The molecule has 0 bridgehead atoms. The summed E-state index contributed by atoms with van der Waals surface area (Å²) in [5.74, 6) is 2.57. The molecule has 0 atom stereocenters. The summed E-state index contributed by atoms with van der Waals surface area (Å²) in [6, 6.07) is 8.63. The first kappa shape index (κ1) is 21.6. The fraction of sp³-hybridized carbons (Fsp3) is 0.636. The molecule has 8 heteroatoms. The lowest BCUT2D eigenvalue weighted by atomic mass is 10.2. The molecule has 164 valence electrons. The van der Waals surface area contributed by atoms with Gasteiger partial charge in [-0.05, 0) is 30.5 Å². The normalized spacial score (nSPS) is 21.3. The third kappa shape index (κ3) is 6.97. The number of rotatable bonds is 8. The van der Waals surface area contributed by atoms with Gasteiger partial charge in [0.05, 0.1) is 13.1 Å². The molecule has 3 fully saturated rings. The molecule has 2 aliphatic heterocycles. The van der Waals surface area contributed by atoms with Crippen LogP contribution in [0.1, 0.15) is 18.4 Å². The quantitative estimate of drug-likeness (QED) is 0.642. The average Bonchev–Trinajstić information content (AvgIpc) is 3.54. The summed E-state index contributed by atoms with van der Waals surface area (Å²) >= 11 is 2.02. The number of benzene rings is 1. The van der Waals surface area contributed by atoms with Gasteiger partial charge in [-0.3, -0.25) is 24.3 Å². The Balaban J connectivity index is 1.17. The minimum Gasteiger partial charge on any atom is -0.352 e. The molecule has 1 saturated carbocycles. The van der Waals surface area contributed by atoms with Crippen LogP contribution in [-0.4, -0.2) is 96.4 Å². The largest absolute Gasteiger partial charge is 0.352 e. The molecule has 7 nitrogen and oxygen atoms in total. The Morgan fingerprint density at radius 1 is 0.900 bits per heavy atom. The van der Waals surface area contributed by atoms with Crippen LogP contribution in [-0.2, 0) is 16.1 Å². The second kappa shape index (κ2) is 10.6. The van der Waals surface area contributed by atoms with Crippen LogP contribution in [0.3, 0.4) is 0 Å². The monoisotopic (exact) mass is 431 g/mol. The van der Waals surface area contributed by atoms with E-state index >= 15 is 0 Å². The van der Waals surface area contributed by atoms with E-state index in [0.29, 0.717) is 19.1 Å². The summed E-state index contributed by atoms with van der Waals surface area (Å²) in [4.78, 5) is 31.3. The molecule has 2 saturated heterocycles. The van der Waals surface area contributed by atoms with Crippen LogP contribution in [0.25, 0.3) is 0 Å². The predicted octanol–water partition coefficient (Wildman–Crippen LogP) is 1.07. The molecule has 0 unspecified atom stereocenters. The van der Waals surface area contributed by atoms with Crippen molar-refractivity contribution in [1.82, 2.24) is 20.0 Å². The van der Waals surface area contributed by atoms with E-state index in [1.165, 1.54) is 17.1 Å². The Kier molecular flexibility index (Phi) is 7.65. The van der Waals surface area contributed by atoms with Gasteiger partial charge in [-0.2, -0.15) is 11.8 Å². The summed E-state index contributed by atoms with van der Waals surface area (Å²) in [6.07, 6.45) is 2.24. The zero-order valence-electron chi connectivity index (χ0n) is 17.6. The van der Waals surface area contributed by atoms with Crippen LogP contribution in [0.5, 0.6) is 0 Å². The minimum atomic E-state index is 0.0291. The molecule has 4 rings (SSSR count). The van der Waals surface area contributed by atoms with Crippen molar-refractivity contribution in [3.8, 4) is 0 Å². The van der Waals surface area contributed by atoms with Crippen LogP contribution in [0, 0.1) is 0 Å². The van der Waals surface area contributed by atoms with Crippen molar-refractivity contribution in [2.75, 3.05) is 69.2 Å². The minimum absolute atomic E-state index is 0.0291. The maximum absolute atomic E-state index is 12.5. The summed E-state index contributed by atoms with van der Waals surface area (Å²) in [5, 5.41) is 6.10. The van der Waals surface area contributed by atoms with Gasteiger partial charge in [0.25, 0.3) is 0 Å². The van der Waals surface area contributed by atoms with Gasteiger partial charge in [0, 0.05) is 69.0 Å². The third-order valence-corrected chi connectivity index (χ3v) is 6.80. The van der Waals surface area contributed by atoms with Crippen LogP contribution in [0.4, 0.5) is 5.69 Å². The first-order valence-corrected chi connectivity index (χ1v) is 12.2. The molecule has 1 aliphatic carbocycles. The van der Waals surface area contributed by atoms with Crippen LogP contribution in [0.2, 0.25) is 0 Å². The van der Waals surface area contributed by atoms with Gasteiger partial charge < -0.3 is 10.6 Å². The van der Waals surface area contributed by atoms with Gasteiger partial charge in [-0.1, -0.05) is 12.1 Å². The number of nitrogens with one attached hydrogen (secondary N) is 2. The predicted molar refractivity (Wildman–Crippen MR) is 122 cm³/mol. The van der Waals surface area contributed by atoms with Crippen molar-refractivity contribution in [2.24, 2.45) is 0 Å². The van der Waals surface area contributed by atoms with Gasteiger partial charge in [0.15, 0.2) is 0 Å². The number of carbonyl (C=O) groups excluding carboxylic acids is 2. The van der Waals surface area contributed by atoms with Crippen LogP contribution < -0.4 is 10.6 Å². The number of amides is 2. The third-order valence-electron chi connectivity index (χ3n) is 5.86. The summed E-state index contributed by atoms with van der Waals surface area (Å²) in [6.45, 7) is 7.37. The molecule has 1 aromatic carbocycles. The van der Waals surface area contributed by atoms with E-state index in [4.69, 9.17) is 0 Å². The molecule has 2 amide bonds. The molecule has 0 spiro atoms. The molecule has 3 aliphatic rings. The van der Waals surface area contributed by atoms with E-state index in [1.54, 1.807) is 0 Å². The number of thioether (sulfide) groups is 1. The lowest BCUT2D eigenvalue weighted by Gasteiger charge is -2.33. The molecule has 2 N–H and O–H groups in total. The Morgan fingerprint density at radius 3 is 2.23 bits per heavy atom. The lowest BCUT2D eigenvalue weighted by Crippen LogP contribution is -2.51.